The topological polar surface area (TPSA) is 51.8 Å². The van der Waals surface area contributed by atoms with Crippen LogP contribution in [-0.4, -0.2) is 9.97 Å². The van der Waals surface area contributed by atoms with Crippen LogP contribution in [0.5, 0.6) is 0 Å². The van der Waals surface area contributed by atoms with E-state index < -0.39 is 0 Å². The van der Waals surface area contributed by atoms with Crippen LogP contribution in [0.25, 0.3) is 0 Å². The molecule has 0 bridgehead atoms. The van der Waals surface area contributed by atoms with E-state index in [2.05, 4.69) is 16.9 Å². The molecular weight excluding hydrogens is 313 g/mol. The molecule has 0 fully saturated rings. The Balaban J connectivity index is 2.39. The lowest BCUT2D eigenvalue weighted by Gasteiger charge is -2.10. The Labute approximate surface area is 132 Å². The third kappa shape index (κ3) is 3.57. The minimum absolute atomic E-state index is 0.518. The van der Waals surface area contributed by atoms with Crippen molar-refractivity contribution in [1.82, 2.24) is 9.97 Å². The first kappa shape index (κ1) is 15.4. The molecule has 1 aromatic carbocycles. The van der Waals surface area contributed by atoms with Gasteiger partial charge in [-0.05, 0) is 31.5 Å². The Morgan fingerprint density at radius 1 is 1.25 bits per heavy atom. The SMILES string of the molecule is CCCc1nc(N)c(C)c(Sc2cc(Cl)ccc2Cl)n1. The maximum atomic E-state index is 6.19. The molecule has 0 aliphatic carbocycles. The van der Waals surface area contributed by atoms with Crippen molar-refractivity contribution in [3.05, 3.63) is 39.6 Å². The standard InChI is InChI=1S/C14H15Cl2N3S/c1-3-4-12-18-13(17)8(2)14(19-12)20-11-7-9(15)5-6-10(11)16/h5-7H,3-4H2,1-2H3,(H2,17,18,19). The molecule has 0 radical (unpaired) electrons. The minimum atomic E-state index is 0.518. The molecule has 0 amide bonds. The first-order valence-electron chi connectivity index (χ1n) is 6.27. The van der Waals surface area contributed by atoms with Gasteiger partial charge in [-0.3, -0.25) is 0 Å². The van der Waals surface area contributed by atoms with E-state index >= 15 is 0 Å². The lowest BCUT2D eigenvalue weighted by Crippen LogP contribution is -2.04. The zero-order chi connectivity index (χ0) is 14.7. The van der Waals surface area contributed by atoms with E-state index in [0.29, 0.717) is 15.9 Å². The Morgan fingerprint density at radius 2 is 2.00 bits per heavy atom. The molecule has 0 aliphatic rings. The number of anilines is 1. The highest BCUT2D eigenvalue weighted by atomic mass is 35.5. The molecule has 0 unspecified atom stereocenters. The van der Waals surface area contributed by atoms with Gasteiger partial charge in [0.25, 0.3) is 0 Å². The predicted octanol–water partition coefficient (Wildman–Crippen LogP) is 4.78. The molecule has 20 heavy (non-hydrogen) atoms. The van der Waals surface area contributed by atoms with Crippen molar-refractivity contribution in [1.29, 1.82) is 0 Å². The Bertz CT molecular complexity index is 632. The van der Waals surface area contributed by atoms with Gasteiger partial charge < -0.3 is 5.73 Å². The predicted molar refractivity (Wildman–Crippen MR) is 85.8 cm³/mol. The largest absolute Gasteiger partial charge is 0.383 e. The van der Waals surface area contributed by atoms with E-state index in [-0.39, 0.29) is 0 Å². The van der Waals surface area contributed by atoms with E-state index in [1.54, 1.807) is 12.1 Å². The maximum Gasteiger partial charge on any atom is 0.132 e. The highest BCUT2D eigenvalue weighted by molar-refractivity contribution is 7.99. The normalized spacial score (nSPS) is 10.8. The van der Waals surface area contributed by atoms with Gasteiger partial charge in [-0.25, -0.2) is 9.97 Å². The number of nitrogens with zero attached hydrogens (tertiary/aromatic N) is 2. The Hall–Kier alpha value is -0.970. The number of halogens is 2. The van der Waals surface area contributed by atoms with Gasteiger partial charge in [-0.2, -0.15) is 0 Å². The van der Waals surface area contributed by atoms with Crippen LogP contribution in [0.4, 0.5) is 5.82 Å². The Kier molecular flexibility index (Phi) is 5.13. The summed E-state index contributed by atoms with van der Waals surface area (Å²) in [6.07, 6.45) is 1.78. The van der Waals surface area contributed by atoms with Gasteiger partial charge in [0, 0.05) is 21.9 Å². The third-order valence-electron chi connectivity index (χ3n) is 2.76. The third-order valence-corrected chi connectivity index (χ3v) is 4.58. The van der Waals surface area contributed by atoms with Crippen molar-refractivity contribution in [2.24, 2.45) is 0 Å². The van der Waals surface area contributed by atoms with Crippen LogP contribution >= 0.6 is 35.0 Å². The maximum absolute atomic E-state index is 6.19. The van der Waals surface area contributed by atoms with Crippen LogP contribution in [0.1, 0.15) is 24.7 Å². The summed E-state index contributed by atoms with van der Waals surface area (Å²) in [6.45, 7) is 3.99. The number of aromatic nitrogens is 2. The van der Waals surface area contributed by atoms with E-state index in [0.717, 1.165) is 34.2 Å². The first-order chi connectivity index (χ1) is 9.51. The van der Waals surface area contributed by atoms with Crippen molar-refractivity contribution in [2.45, 2.75) is 36.6 Å². The summed E-state index contributed by atoms with van der Waals surface area (Å²) in [5.74, 6) is 1.28. The molecule has 2 aromatic rings. The summed E-state index contributed by atoms with van der Waals surface area (Å²) in [5, 5.41) is 2.11. The summed E-state index contributed by atoms with van der Waals surface area (Å²) in [7, 11) is 0. The molecule has 1 heterocycles. The molecule has 0 atom stereocenters. The van der Waals surface area contributed by atoms with Crippen LogP contribution in [-0.2, 0) is 6.42 Å². The highest BCUT2D eigenvalue weighted by Gasteiger charge is 2.12. The number of rotatable bonds is 4. The molecule has 6 heteroatoms. The molecule has 1 aromatic heterocycles. The number of hydrogen-bond acceptors (Lipinski definition) is 4. The van der Waals surface area contributed by atoms with Crippen LogP contribution in [0.15, 0.2) is 28.1 Å². The van der Waals surface area contributed by atoms with Crippen molar-refractivity contribution in [2.75, 3.05) is 5.73 Å². The number of nitrogen functional groups attached to an aromatic ring is 1. The molecule has 2 N–H and O–H groups in total. The fourth-order valence-corrected chi connectivity index (χ4v) is 3.09. The summed E-state index contributed by atoms with van der Waals surface area (Å²) in [4.78, 5) is 9.72. The average molecular weight is 328 g/mol. The van der Waals surface area contributed by atoms with Gasteiger partial charge in [0.1, 0.15) is 16.7 Å². The monoisotopic (exact) mass is 327 g/mol. The van der Waals surface area contributed by atoms with Gasteiger partial charge in [-0.15, -0.1) is 0 Å². The molecule has 2 rings (SSSR count). The quantitative estimate of drug-likeness (QED) is 0.821. The van der Waals surface area contributed by atoms with Gasteiger partial charge in [0.05, 0.1) is 5.02 Å². The van der Waals surface area contributed by atoms with Gasteiger partial charge in [0.15, 0.2) is 0 Å². The molecular formula is C14H15Cl2N3S. The van der Waals surface area contributed by atoms with Crippen molar-refractivity contribution in [3.8, 4) is 0 Å². The first-order valence-corrected chi connectivity index (χ1v) is 7.84. The molecule has 0 aliphatic heterocycles. The number of nitrogens with two attached hydrogens (primary N) is 1. The molecule has 0 saturated heterocycles. The molecule has 106 valence electrons. The second kappa shape index (κ2) is 6.66. The summed E-state index contributed by atoms with van der Waals surface area (Å²) in [5.41, 5.74) is 6.82. The van der Waals surface area contributed by atoms with Crippen molar-refractivity contribution >= 4 is 40.8 Å². The summed E-state index contributed by atoms with van der Waals surface area (Å²) >= 11 is 13.7. The van der Waals surface area contributed by atoms with E-state index in [1.807, 2.05) is 13.0 Å². The van der Waals surface area contributed by atoms with E-state index in [1.165, 1.54) is 11.8 Å². The fraction of sp³-hybridized carbons (Fsp3) is 0.286. The lowest BCUT2D eigenvalue weighted by atomic mass is 10.3. The molecule has 0 spiro atoms. The van der Waals surface area contributed by atoms with Crippen LogP contribution in [0.3, 0.4) is 0 Å². The van der Waals surface area contributed by atoms with Crippen LogP contribution in [0.2, 0.25) is 10.0 Å². The van der Waals surface area contributed by atoms with Gasteiger partial charge in [-0.1, -0.05) is 41.9 Å². The van der Waals surface area contributed by atoms with Crippen molar-refractivity contribution < 1.29 is 0 Å². The molecule has 0 saturated carbocycles. The number of hydrogen-bond donors (Lipinski definition) is 1. The van der Waals surface area contributed by atoms with Gasteiger partial charge >= 0.3 is 0 Å². The second-order valence-electron chi connectivity index (χ2n) is 4.38. The van der Waals surface area contributed by atoms with E-state index in [9.17, 15) is 0 Å². The summed E-state index contributed by atoms with van der Waals surface area (Å²) < 4.78 is 0. The second-order valence-corrected chi connectivity index (χ2v) is 6.26. The molecule has 3 nitrogen and oxygen atoms in total. The zero-order valence-electron chi connectivity index (χ0n) is 11.3. The Morgan fingerprint density at radius 3 is 2.70 bits per heavy atom. The number of benzene rings is 1. The van der Waals surface area contributed by atoms with Crippen LogP contribution in [0, 0.1) is 6.92 Å². The fourth-order valence-electron chi connectivity index (χ4n) is 1.65. The number of aryl methyl sites for hydroxylation is 1. The van der Waals surface area contributed by atoms with Crippen molar-refractivity contribution in [3.63, 3.8) is 0 Å². The van der Waals surface area contributed by atoms with Crippen LogP contribution < -0.4 is 5.73 Å². The summed E-state index contributed by atoms with van der Waals surface area (Å²) in [6, 6.07) is 5.36. The lowest BCUT2D eigenvalue weighted by molar-refractivity contribution is 0.806. The smallest absolute Gasteiger partial charge is 0.132 e. The average Bonchev–Trinajstić information content (AvgIpc) is 2.40. The minimum Gasteiger partial charge on any atom is -0.383 e. The zero-order valence-corrected chi connectivity index (χ0v) is 13.6. The highest BCUT2D eigenvalue weighted by Crippen LogP contribution is 2.36. The van der Waals surface area contributed by atoms with Gasteiger partial charge in [0.2, 0.25) is 0 Å². The van der Waals surface area contributed by atoms with E-state index in [4.69, 9.17) is 28.9 Å².